The smallest absolute Gasteiger partial charge is 0.0223 e. The molecule has 0 aromatic heterocycles. The lowest BCUT2D eigenvalue weighted by atomic mass is 9.86. The Labute approximate surface area is 107 Å². The van der Waals surface area contributed by atoms with Crippen molar-refractivity contribution in [2.24, 2.45) is 5.92 Å². The maximum absolute atomic E-state index is 5.67. The quantitative estimate of drug-likeness (QED) is 0.478. The van der Waals surface area contributed by atoms with Crippen molar-refractivity contribution in [3.63, 3.8) is 0 Å². The molecule has 0 aromatic carbocycles. The first-order valence-corrected chi connectivity index (χ1v) is 7.53. The zero-order chi connectivity index (χ0) is 11.8. The second kappa shape index (κ2) is 8.36. The molecular weight excluding hydrogens is 218 g/mol. The van der Waals surface area contributed by atoms with Crippen LogP contribution >= 0.6 is 11.6 Å². The molecule has 1 aliphatic carbocycles. The predicted octanol–water partition coefficient (Wildman–Crippen LogP) is 4.30. The van der Waals surface area contributed by atoms with Crippen LogP contribution in [-0.2, 0) is 0 Å². The van der Waals surface area contributed by atoms with Crippen molar-refractivity contribution < 1.29 is 0 Å². The summed E-state index contributed by atoms with van der Waals surface area (Å²) in [6, 6.07) is 0.858. The molecule has 16 heavy (non-hydrogen) atoms. The number of nitrogens with zero attached hydrogens (tertiary/aromatic N) is 1. The van der Waals surface area contributed by atoms with Gasteiger partial charge >= 0.3 is 0 Å². The fourth-order valence-corrected chi connectivity index (χ4v) is 2.98. The minimum Gasteiger partial charge on any atom is -0.303 e. The lowest BCUT2D eigenvalue weighted by Crippen LogP contribution is -2.36. The van der Waals surface area contributed by atoms with Crippen molar-refractivity contribution in [2.75, 3.05) is 19.5 Å². The average Bonchev–Trinajstić information content (AvgIpc) is 2.28. The summed E-state index contributed by atoms with van der Waals surface area (Å²) in [5.74, 6) is 1.77. The summed E-state index contributed by atoms with van der Waals surface area (Å²) in [7, 11) is 2.31. The molecule has 0 spiro atoms. The minimum absolute atomic E-state index is 0.829. The first kappa shape index (κ1) is 14.3. The van der Waals surface area contributed by atoms with E-state index in [1.54, 1.807) is 0 Å². The van der Waals surface area contributed by atoms with Crippen LogP contribution in [0.25, 0.3) is 0 Å². The van der Waals surface area contributed by atoms with E-state index in [2.05, 4.69) is 18.9 Å². The number of halogens is 1. The largest absolute Gasteiger partial charge is 0.303 e. The SMILES string of the molecule is CC1CCCC(N(C)CCCCCCCl)C1. The van der Waals surface area contributed by atoms with E-state index in [0.29, 0.717) is 0 Å². The lowest BCUT2D eigenvalue weighted by Gasteiger charge is -2.34. The van der Waals surface area contributed by atoms with Crippen molar-refractivity contribution in [3.05, 3.63) is 0 Å². The highest BCUT2D eigenvalue weighted by atomic mass is 35.5. The molecule has 0 saturated heterocycles. The summed E-state index contributed by atoms with van der Waals surface area (Å²) >= 11 is 5.67. The van der Waals surface area contributed by atoms with E-state index >= 15 is 0 Å². The number of rotatable bonds is 7. The average molecular weight is 246 g/mol. The third-order valence-corrected chi connectivity index (χ3v) is 4.19. The second-order valence-electron chi connectivity index (χ2n) is 5.51. The Bertz CT molecular complexity index is 172. The normalized spacial score (nSPS) is 26.2. The maximum Gasteiger partial charge on any atom is 0.0223 e. The summed E-state index contributed by atoms with van der Waals surface area (Å²) < 4.78 is 0. The Balaban J connectivity index is 2.06. The summed E-state index contributed by atoms with van der Waals surface area (Å²) in [4.78, 5) is 2.59. The van der Waals surface area contributed by atoms with Crippen LogP contribution in [0.5, 0.6) is 0 Å². The topological polar surface area (TPSA) is 3.24 Å². The van der Waals surface area contributed by atoms with E-state index in [-0.39, 0.29) is 0 Å². The van der Waals surface area contributed by atoms with E-state index in [4.69, 9.17) is 11.6 Å². The predicted molar refractivity (Wildman–Crippen MR) is 73.2 cm³/mol. The molecule has 0 aliphatic heterocycles. The van der Waals surface area contributed by atoms with E-state index in [9.17, 15) is 0 Å². The highest BCUT2D eigenvalue weighted by Crippen LogP contribution is 2.26. The third kappa shape index (κ3) is 5.54. The van der Waals surface area contributed by atoms with Crippen LogP contribution < -0.4 is 0 Å². The fourth-order valence-electron chi connectivity index (χ4n) is 2.79. The van der Waals surface area contributed by atoms with E-state index in [1.165, 1.54) is 57.9 Å². The Morgan fingerprint density at radius 1 is 1.12 bits per heavy atom. The van der Waals surface area contributed by atoms with Crippen LogP contribution in [0, 0.1) is 5.92 Å². The number of hydrogen-bond donors (Lipinski definition) is 0. The molecule has 0 heterocycles. The summed E-state index contributed by atoms with van der Waals surface area (Å²) in [5.41, 5.74) is 0. The highest BCUT2D eigenvalue weighted by molar-refractivity contribution is 6.17. The molecule has 1 rings (SSSR count). The molecule has 2 heteroatoms. The molecule has 1 fully saturated rings. The van der Waals surface area contributed by atoms with Crippen molar-refractivity contribution in [3.8, 4) is 0 Å². The third-order valence-electron chi connectivity index (χ3n) is 3.93. The first-order valence-electron chi connectivity index (χ1n) is 7.00. The van der Waals surface area contributed by atoms with Gasteiger partial charge in [-0.2, -0.15) is 0 Å². The van der Waals surface area contributed by atoms with Gasteiger partial charge < -0.3 is 4.90 Å². The van der Waals surface area contributed by atoms with Crippen molar-refractivity contribution in [1.82, 2.24) is 4.90 Å². The maximum atomic E-state index is 5.67. The van der Waals surface area contributed by atoms with Gasteiger partial charge in [0.1, 0.15) is 0 Å². The minimum atomic E-state index is 0.829. The summed E-state index contributed by atoms with van der Waals surface area (Å²) in [5, 5.41) is 0. The van der Waals surface area contributed by atoms with Crippen molar-refractivity contribution in [2.45, 2.75) is 64.3 Å². The van der Waals surface area contributed by atoms with E-state index in [0.717, 1.165) is 17.8 Å². The Kier molecular flexibility index (Phi) is 7.47. The number of unbranched alkanes of at least 4 members (excludes halogenated alkanes) is 3. The van der Waals surface area contributed by atoms with Gasteiger partial charge in [-0.05, 0) is 45.2 Å². The Morgan fingerprint density at radius 2 is 1.88 bits per heavy atom. The van der Waals surface area contributed by atoms with Gasteiger partial charge in [-0.1, -0.05) is 32.6 Å². The van der Waals surface area contributed by atoms with Gasteiger partial charge in [0, 0.05) is 11.9 Å². The van der Waals surface area contributed by atoms with Crippen LogP contribution in [0.3, 0.4) is 0 Å². The molecule has 0 N–H and O–H groups in total. The van der Waals surface area contributed by atoms with Gasteiger partial charge in [0.25, 0.3) is 0 Å². The molecule has 96 valence electrons. The lowest BCUT2D eigenvalue weighted by molar-refractivity contribution is 0.161. The van der Waals surface area contributed by atoms with E-state index < -0.39 is 0 Å². The zero-order valence-electron chi connectivity index (χ0n) is 11.1. The van der Waals surface area contributed by atoms with Crippen molar-refractivity contribution >= 4 is 11.6 Å². The molecule has 0 radical (unpaired) electrons. The van der Waals surface area contributed by atoms with Crippen LogP contribution in [0.15, 0.2) is 0 Å². The molecule has 1 aliphatic rings. The Morgan fingerprint density at radius 3 is 2.56 bits per heavy atom. The van der Waals surface area contributed by atoms with Gasteiger partial charge in [-0.15, -0.1) is 11.6 Å². The molecular formula is C14H28ClN. The zero-order valence-corrected chi connectivity index (χ0v) is 11.8. The van der Waals surface area contributed by atoms with Crippen LogP contribution in [0.2, 0.25) is 0 Å². The summed E-state index contributed by atoms with van der Waals surface area (Å²) in [6.07, 6.45) is 10.9. The van der Waals surface area contributed by atoms with Crippen LogP contribution in [0.4, 0.5) is 0 Å². The van der Waals surface area contributed by atoms with Gasteiger partial charge in [0.15, 0.2) is 0 Å². The monoisotopic (exact) mass is 245 g/mol. The van der Waals surface area contributed by atoms with Gasteiger partial charge in [-0.25, -0.2) is 0 Å². The molecule has 2 unspecified atom stereocenters. The number of hydrogen-bond acceptors (Lipinski definition) is 1. The number of alkyl halides is 1. The molecule has 1 saturated carbocycles. The second-order valence-corrected chi connectivity index (χ2v) is 5.89. The fraction of sp³-hybridized carbons (Fsp3) is 1.00. The van der Waals surface area contributed by atoms with Crippen molar-refractivity contribution in [1.29, 1.82) is 0 Å². The van der Waals surface area contributed by atoms with Gasteiger partial charge in [0.05, 0.1) is 0 Å². The van der Waals surface area contributed by atoms with Crippen LogP contribution in [0.1, 0.15) is 58.3 Å². The van der Waals surface area contributed by atoms with Gasteiger partial charge in [0.2, 0.25) is 0 Å². The molecule has 1 nitrogen and oxygen atoms in total. The molecule has 0 amide bonds. The van der Waals surface area contributed by atoms with Gasteiger partial charge in [-0.3, -0.25) is 0 Å². The molecule has 0 bridgehead atoms. The molecule has 2 atom stereocenters. The molecule has 0 aromatic rings. The Hall–Kier alpha value is 0.250. The highest BCUT2D eigenvalue weighted by Gasteiger charge is 2.21. The first-order chi connectivity index (χ1) is 7.74. The standard InChI is InChI=1S/C14H28ClN/c1-13-8-7-9-14(12-13)16(2)11-6-4-3-5-10-15/h13-14H,3-12H2,1-2H3. The summed E-state index contributed by atoms with van der Waals surface area (Å²) in [6.45, 7) is 3.68. The van der Waals surface area contributed by atoms with Crippen LogP contribution in [-0.4, -0.2) is 30.4 Å². The van der Waals surface area contributed by atoms with E-state index in [1.807, 2.05) is 0 Å².